The Hall–Kier alpha value is -3.22. The predicted molar refractivity (Wildman–Crippen MR) is 105 cm³/mol. The Morgan fingerprint density at radius 2 is 2.04 bits per heavy atom. The number of nitrogens with one attached hydrogen (secondary N) is 1. The van der Waals surface area contributed by atoms with Crippen LogP contribution in [0.2, 0.25) is 0 Å². The highest BCUT2D eigenvalue weighted by atomic mass is 19.1. The van der Waals surface area contributed by atoms with Gasteiger partial charge in [-0.2, -0.15) is 0 Å². The van der Waals surface area contributed by atoms with Crippen LogP contribution < -0.4 is 10.5 Å². The lowest BCUT2D eigenvalue weighted by Gasteiger charge is -2.43. The Bertz CT molecular complexity index is 1290. The number of piperidine rings is 1. The van der Waals surface area contributed by atoms with E-state index < -0.39 is 0 Å². The molecule has 28 heavy (non-hydrogen) atoms. The van der Waals surface area contributed by atoms with Crippen molar-refractivity contribution in [1.29, 1.82) is 0 Å². The molecule has 7 heteroatoms. The van der Waals surface area contributed by atoms with Crippen LogP contribution in [-0.2, 0) is 6.54 Å². The zero-order valence-electron chi connectivity index (χ0n) is 15.1. The number of hydrogen-bond acceptors (Lipinski definition) is 4. The molecule has 1 saturated heterocycles. The summed E-state index contributed by atoms with van der Waals surface area (Å²) in [6, 6.07) is 10.3. The number of nitrogens with zero attached hydrogens (tertiary/aromatic N) is 4. The number of H-pyrrole nitrogens is 1. The second kappa shape index (κ2) is 5.64. The molecule has 1 unspecified atom stereocenters. The summed E-state index contributed by atoms with van der Waals surface area (Å²) < 4.78 is 15.7. The monoisotopic (exact) mass is 375 g/mol. The van der Waals surface area contributed by atoms with Crippen LogP contribution in [0, 0.1) is 11.7 Å². The highest BCUT2D eigenvalue weighted by Crippen LogP contribution is 2.38. The average Bonchev–Trinajstić information content (AvgIpc) is 3.07. The fourth-order valence-corrected chi connectivity index (χ4v) is 4.96. The minimum atomic E-state index is -0.275. The first kappa shape index (κ1) is 15.8. The number of rotatable bonds is 1. The van der Waals surface area contributed by atoms with Crippen LogP contribution in [0.5, 0.6) is 0 Å². The summed E-state index contributed by atoms with van der Waals surface area (Å²) in [6.07, 6.45) is 2.64. The van der Waals surface area contributed by atoms with Gasteiger partial charge in [0.2, 0.25) is 0 Å². The molecule has 1 aromatic carbocycles. The lowest BCUT2D eigenvalue weighted by atomic mass is 9.83. The Morgan fingerprint density at radius 3 is 2.96 bits per heavy atom. The van der Waals surface area contributed by atoms with Crippen LogP contribution in [0.1, 0.15) is 18.0 Å². The molecule has 0 amide bonds. The zero-order valence-corrected chi connectivity index (χ0v) is 15.1. The van der Waals surface area contributed by atoms with Gasteiger partial charge in [0, 0.05) is 48.2 Å². The fourth-order valence-electron chi connectivity index (χ4n) is 4.96. The standard InChI is InChI=1S/C21H18FN5O/c22-14-4-5-16-15(7-14)19-20(25-16)21(24-11-23-19)26-8-12-6-13(10-26)17-2-1-3-18(28)27(17)9-12/h1-5,7,11-13,25H,6,8-10H2/t12?,13-/m0/s1. The summed E-state index contributed by atoms with van der Waals surface area (Å²) >= 11 is 0. The van der Waals surface area contributed by atoms with Crippen molar-refractivity contribution in [2.24, 2.45) is 5.92 Å². The van der Waals surface area contributed by atoms with E-state index in [0.717, 1.165) is 59.5 Å². The average molecular weight is 375 g/mol. The van der Waals surface area contributed by atoms with Gasteiger partial charge in [-0.3, -0.25) is 4.79 Å². The molecule has 0 saturated carbocycles. The number of pyridine rings is 1. The maximum absolute atomic E-state index is 13.7. The molecular formula is C21H18FN5O. The van der Waals surface area contributed by atoms with Gasteiger partial charge in [0.1, 0.15) is 23.2 Å². The molecule has 2 atom stereocenters. The van der Waals surface area contributed by atoms with Crippen LogP contribution in [0.4, 0.5) is 10.2 Å². The number of benzene rings is 1. The normalized spacial score (nSPS) is 21.2. The molecule has 2 aliphatic rings. The zero-order chi connectivity index (χ0) is 18.8. The minimum Gasteiger partial charge on any atom is -0.354 e. The van der Waals surface area contributed by atoms with Crippen molar-refractivity contribution in [3.05, 3.63) is 64.6 Å². The van der Waals surface area contributed by atoms with Gasteiger partial charge < -0.3 is 14.5 Å². The molecule has 6 nitrogen and oxygen atoms in total. The molecule has 0 spiro atoms. The van der Waals surface area contributed by atoms with E-state index in [1.54, 1.807) is 18.5 Å². The molecular weight excluding hydrogens is 357 g/mol. The second-order valence-electron chi connectivity index (χ2n) is 7.84. The van der Waals surface area contributed by atoms with Crippen LogP contribution in [0.25, 0.3) is 21.9 Å². The fraction of sp³-hybridized carbons (Fsp3) is 0.286. The van der Waals surface area contributed by atoms with E-state index in [9.17, 15) is 9.18 Å². The number of hydrogen-bond donors (Lipinski definition) is 1. The highest BCUT2D eigenvalue weighted by Gasteiger charge is 2.35. The van der Waals surface area contributed by atoms with E-state index in [-0.39, 0.29) is 11.4 Å². The Kier molecular flexibility index (Phi) is 3.18. The van der Waals surface area contributed by atoms with Gasteiger partial charge in [0.25, 0.3) is 5.56 Å². The number of aromatic nitrogens is 4. The van der Waals surface area contributed by atoms with Crippen molar-refractivity contribution in [2.45, 2.75) is 18.9 Å². The smallest absolute Gasteiger partial charge is 0.250 e. The molecule has 2 bridgehead atoms. The lowest BCUT2D eigenvalue weighted by molar-refractivity contribution is 0.281. The van der Waals surface area contributed by atoms with Gasteiger partial charge in [-0.25, -0.2) is 14.4 Å². The maximum Gasteiger partial charge on any atom is 0.250 e. The first-order valence-electron chi connectivity index (χ1n) is 9.54. The first-order valence-corrected chi connectivity index (χ1v) is 9.54. The van der Waals surface area contributed by atoms with Crippen molar-refractivity contribution in [3.8, 4) is 0 Å². The molecule has 3 aromatic heterocycles. The van der Waals surface area contributed by atoms with Crippen molar-refractivity contribution >= 4 is 27.8 Å². The minimum absolute atomic E-state index is 0.0859. The van der Waals surface area contributed by atoms with Crippen LogP contribution in [0.15, 0.2) is 47.5 Å². The van der Waals surface area contributed by atoms with Crippen molar-refractivity contribution in [2.75, 3.05) is 18.0 Å². The molecule has 0 aliphatic carbocycles. The largest absolute Gasteiger partial charge is 0.354 e. The van der Waals surface area contributed by atoms with Crippen molar-refractivity contribution < 1.29 is 4.39 Å². The predicted octanol–water partition coefficient (Wildman–Crippen LogP) is 3.04. The van der Waals surface area contributed by atoms with Gasteiger partial charge in [-0.15, -0.1) is 0 Å². The van der Waals surface area contributed by atoms with Crippen LogP contribution in [0.3, 0.4) is 0 Å². The van der Waals surface area contributed by atoms with E-state index in [1.165, 1.54) is 12.1 Å². The summed E-state index contributed by atoms with van der Waals surface area (Å²) in [4.78, 5) is 26.9. The first-order chi connectivity index (χ1) is 13.7. The molecule has 140 valence electrons. The van der Waals surface area contributed by atoms with Crippen LogP contribution >= 0.6 is 0 Å². The van der Waals surface area contributed by atoms with Crippen LogP contribution in [-0.4, -0.2) is 32.6 Å². The van der Waals surface area contributed by atoms with E-state index >= 15 is 0 Å². The summed E-state index contributed by atoms with van der Waals surface area (Å²) in [5, 5.41) is 0.771. The van der Waals surface area contributed by atoms with Crippen molar-refractivity contribution in [3.63, 3.8) is 0 Å². The number of halogens is 1. The number of aromatic amines is 1. The molecule has 6 rings (SSSR count). The molecule has 4 aromatic rings. The summed E-state index contributed by atoms with van der Waals surface area (Å²) in [6.45, 7) is 2.39. The van der Waals surface area contributed by atoms with E-state index in [1.807, 2.05) is 10.6 Å². The van der Waals surface area contributed by atoms with Gasteiger partial charge >= 0.3 is 0 Å². The molecule has 0 radical (unpaired) electrons. The quantitative estimate of drug-likeness (QED) is 0.555. The Balaban J connectivity index is 1.47. The van der Waals surface area contributed by atoms with Gasteiger partial charge in [0.15, 0.2) is 5.82 Å². The van der Waals surface area contributed by atoms with Crippen molar-refractivity contribution in [1.82, 2.24) is 19.5 Å². The van der Waals surface area contributed by atoms with Gasteiger partial charge in [-0.05, 0) is 36.6 Å². The SMILES string of the molecule is O=c1cccc2n1CC1C[C@H]2CN(c2ncnc3c2[nH]c2ccc(F)cc23)C1. The Labute approximate surface area is 159 Å². The maximum atomic E-state index is 13.7. The highest BCUT2D eigenvalue weighted by molar-refractivity contribution is 6.08. The topological polar surface area (TPSA) is 66.8 Å². The lowest BCUT2D eigenvalue weighted by Crippen LogP contribution is -2.47. The third-order valence-corrected chi connectivity index (χ3v) is 6.10. The third kappa shape index (κ3) is 2.22. The van der Waals surface area contributed by atoms with E-state index in [4.69, 9.17) is 0 Å². The Morgan fingerprint density at radius 1 is 1.11 bits per heavy atom. The number of anilines is 1. The van der Waals surface area contributed by atoms with E-state index in [0.29, 0.717) is 11.8 Å². The van der Waals surface area contributed by atoms with Gasteiger partial charge in [-0.1, -0.05) is 6.07 Å². The molecule has 2 aliphatic heterocycles. The molecule has 1 N–H and O–H groups in total. The number of fused-ring (bicyclic) bond motifs is 7. The second-order valence-corrected chi connectivity index (χ2v) is 7.84. The van der Waals surface area contributed by atoms with E-state index in [2.05, 4.69) is 25.9 Å². The molecule has 5 heterocycles. The van der Waals surface area contributed by atoms with Gasteiger partial charge in [0.05, 0.1) is 0 Å². The summed E-state index contributed by atoms with van der Waals surface area (Å²) in [5.74, 6) is 1.28. The molecule has 1 fully saturated rings. The summed E-state index contributed by atoms with van der Waals surface area (Å²) in [7, 11) is 0. The third-order valence-electron chi connectivity index (χ3n) is 6.10. The summed E-state index contributed by atoms with van der Waals surface area (Å²) in [5.41, 5.74) is 3.63.